The first-order valence-electron chi connectivity index (χ1n) is 3.66. The highest BCUT2D eigenvalue weighted by molar-refractivity contribution is 7.98. The Labute approximate surface area is 79.3 Å². The van der Waals surface area contributed by atoms with E-state index in [-0.39, 0.29) is 0 Å². The van der Waals surface area contributed by atoms with Crippen LogP contribution in [0, 0.1) is 0 Å². The number of rotatable bonds is 5. The Morgan fingerprint density at radius 2 is 2.62 bits per heavy atom. The highest BCUT2D eigenvalue weighted by Gasteiger charge is 2.11. The van der Waals surface area contributed by atoms with Crippen LogP contribution in [0.15, 0.2) is 16.8 Å². The standard InChI is InChI=1S/C7H10N2O3S/c8-6(7(10)11)4-13-3-5-1-2-9-12-5/h1-2,6H,3-4,8H2,(H,10,11). The molecule has 5 nitrogen and oxygen atoms in total. The van der Waals surface area contributed by atoms with Crippen molar-refractivity contribution in [2.45, 2.75) is 11.8 Å². The van der Waals surface area contributed by atoms with Crippen LogP contribution < -0.4 is 5.73 Å². The molecule has 0 aromatic carbocycles. The zero-order chi connectivity index (χ0) is 9.68. The number of aliphatic carboxylic acids is 1. The van der Waals surface area contributed by atoms with Gasteiger partial charge in [-0.1, -0.05) is 5.16 Å². The fourth-order valence-electron chi connectivity index (χ4n) is 0.674. The highest BCUT2D eigenvalue weighted by Crippen LogP contribution is 2.11. The van der Waals surface area contributed by atoms with E-state index in [1.54, 1.807) is 12.3 Å². The molecule has 1 heterocycles. The second kappa shape index (κ2) is 4.88. The Morgan fingerprint density at radius 1 is 1.85 bits per heavy atom. The average molecular weight is 202 g/mol. The monoisotopic (exact) mass is 202 g/mol. The lowest BCUT2D eigenvalue weighted by Gasteiger charge is -2.03. The number of nitrogens with two attached hydrogens (primary N) is 1. The number of hydrogen-bond donors (Lipinski definition) is 2. The third kappa shape index (κ3) is 3.47. The van der Waals surface area contributed by atoms with Gasteiger partial charge in [0.05, 0.1) is 11.9 Å². The van der Waals surface area contributed by atoms with Gasteiger partial charge < -0.3 is 15.4 Å². The van der Waals surface area contributed by atoms with Gasteiger partial charge in [-0.25, -0.2) is 0 Å². The van der Waals surface area contributed by atoms with Gasteiger partial charge in [0, 0.05) is 11.8 Å². The van der Waals surface area contributed by atoms with E-state index in [4.69, 9.17) is 15.4 Å². The number of thioether (sulfide) groups is 1. The first kappa shape index (κ1) is 10.1. The Hall–Kier alpha value is -1.01. The van der Waals surface area contributed by atoms with E-state index in [0.717, 1.165) is 5.76 Å². The Kier molecular flexibility index (Phi) is 3.78. The summed E-state index contributed by atoms with van der Waals surface area (Å²) in [5.41, 5.74) is 5.29. The fraction of sp³-hybridized carbons (Fsp3) is 0.429. The predicted molar refractivity (Wildman–Crippen MR) is 48.3 cm³/mol. The molecule has 0 bridgehead atoms. The van der Waals surface area contributed by atoms with Gasteiger partial charge in [-0.05, 0) is 0 Å². The van der Waals surface area contributed by atoms with Crippen LogP contribution in [0.2, 0.25) is 0 Å². The molecule has 0 aliphatic rings. The van der Waals surface area contributed by atoms with Crippen molar-refractivity contribution in [1.82, 2.24) is 5.16 Å². The maximum Gasteiger partial charge on any atom is 0.321 e. The summed E-state index contributed by atoms with van der Waals surface area (Å²) < 4.78 is 4.82. The van der Waals surface area contributed by atoms with Gasteiger partial charge in [0.25, 0.3) is 0 Å². The van der Waals surface area contributed by atoms with E-state index >= 15 is 0 Å². The molecule has 72 valence electrons. The van der Waals surface area contributed by atoms with Crippen molar-refractivity contribution in [3.05, 3.63) is 18.0 Å². The third-order valence-corrected chi connectivity index (χ3v) is 2.43. The van der Waals surface area contributed by atoms with Crippen LogP contribution >= 0.6 is 11.8 Å². The van der Waals surface area contributed by atoms with Crippen LogP contribution in [0.25, 0.3) is 0 Å². The van der Waals surface area contributed by atoms with Crippen LogP contribution in [0.4, 0.5) is 0 Å². The predicted octanol–water partition coefficient (Wildman–Crippen LogP) is 0.320. The number of carbonyl (C=O) groups is 1. The zero-order valence-electron chi connectivity index (χ0n) is 6.84. The van der Waals surface area contributed by atoms with Crippen LogP contribution in [0.5, 0.6) is 0 Å². The first-order valence-corrected chi connectivity index (χ1v) is 4.81. The van der Waals surface area contributed by atoms with Crippen molar-refractivity contribution in [2.75, 3.05) is 5.75 Å². The second-order valence-corrected chi connectivity index (χ2v) is 3.47. The Balaban J connectivity index is 2.18. The van der Waals surface area contributed by atoms with E-state index < -0.39 is 12.0 Å². The summed E-state index contributed by atoms with van der Waals surface area (Å²) in [5.74, 6) is 0.712. The van der Waals surface area contributed by atoms with E-state index in [2.05, 4.69) is 5.16 Å². The summed E-state index contributed by atoms with van der Waals surface area (Å²) in [6.45, 7) is 0. The largest absolute Gasteiger partial charge is 0.480 e. The summed E-state index contributed by atoms with van der Waals surface area (Å²) in [6.07, 6.45) is 1.55. The maximum absolute atomic E-state index is 10.3. The number of carboxylic acids is 1. The second-order valence-electron chi connectivity index (χ2n) is 2.44. The molecule has 13 heavy (non-hydrogen) atoms. The smallest absolute Gasteiger partial charge is 0.321 e. The van der Waals surface area contributed by atoms with Gasteiger partial charge in [0.1, 0.15) is 11.8 Å². The molecular formula is C7H10N2O3S. The van der Waals surface area contributed by atoms with E-state index in [9.17, 15) is 4.79 Å². The minimum Gasteiger partial charge on any atom is -0.480 e. The Bertz CT molecular complexity index is 263. The molecule has 0 fully saturated rings. The van der Waals surface area contributed by atoms with Gasteiger partial charge in [0.15, 0.2) is 0 Å². The molecule has 0 saturated heterocycles. The van der Waals surface area contributed by atoms with Crippen LogP contribution in [-0.4, -0.2) is 28.0 Å². The van der Waals surface area contributed by atoms with Crippen molar-refractivity contribution >= 4 is 17.7 Å². The molecule has 0 radical (unpaired) electrons. The summed E-state index contributed by atoms with van der Waals surface area (Å²) in [4.78, 5) is 10.3. The van der Waals surface area contributed by atoms with Crippen LogP contribution in [-0.2, 0) is 10.5 Å². The molecule has 0 aliphatic heterocycles. The Morgan fingerprint density at radius 3 is 3.15 bits per heavy atom. The molecule has 1 rings (SSSR count). The lowest BCUT2D eigenvalue weighted by molar-refractivity contribution is -0.137. The summed E-state index contributed by atoms with van der Waals surface area (Å²) in [5, 5.41) is 12.0. The molecule has 6 heteroatoms. The fourth-order valence-corrected chi connectivity index (χ4v) is 1.54. The molecule has 1 unspecified atom stereocenters. The van der Waals surface area contributed by atoms with Crippen molar-refractivity contribution < 1.29 is 14.4 Å². The van der Waals surface area contributed by atoms with Crippen LogP contribution in [0.1, 0.15) is 5.76 Å². The normalized spacial score (nSPS) is 12.7. The van der Waals surface area contributed by atoms with E-state index in [1.165, 1.54) is 11.8 Å². The number of nitrogens with zero attached hydrogens (tertiary/aromatic N) is 1. The molecule has 0 aliphatic carbocycles. The molecule has 1 aromatic heterocycles. The molecule has 0 spiro atoms. The molecule has 0 amide bonds. The minimum absolute atomic E-state index is 0.371. The van der Waals surface area contributed by atoms with Gasteiger partial charge >= 0.3 is 5.97 Å². The molecule has 3 N–H and O–H groups in total. The summed E-state index contributed by atoms with van der Waals surface area (Å²) in [7, 11) is 0. The molecule has 1 atom stereocenters. The van der Waals surface area contributed by atoms with Crippen molar-refractivity contribution in [2.24, 2.45) is 5.73 Å². The number of hydrogen-bond acceptors (Lipinski definition) is 5. The van der Waals surface area contributed by atoms with Gasteiger partial charge in [-0.3, -0.25) is 4.79 Å². The van der Waals surface area contributed by atoms with Crippen molar-refractivity contribution in [3.63, 3.8) is 0 Å². The van der Waals surface area contributed by atoms with Gasteiger partial charge in [-0.2, -0.15) is 11.8 Å². The quantitative estimate of drug-likeness (QED) is 0.714. The van der Waals surface area contributed by atoms with E-state index in [0.29, 0.717) is 11.5 Å². The zero-order valence-corrected chi connectivity index (χ0v) is 7.66. The SMILES string of the molecule is NC(CSCc1ccno1)C(=O)O. The first-order chi connectivity index (χ1) is 6.20. The lowest BCUT2D eigenvalue weighted by atomic mass is 10.4. The average Bonchev–Trinajstić information content (AvgIpc) is 2.56. The van der Waals surface area contributed by atoms with E-state index in [1.807, 2.05) is 0 Å². The summed E-state index contributed by atoms with van der Waals surface area (Å²) in [6, 6.07) is 0.923. The third-order valence-electron chi connectivity index (χ3n) is 1.35. The maximum atomic E-state index is 10.3. The van der Waals surface area contributed by atoms with Gasteiger partial charge in [0.2, 0.25) is 0 Å². The van der Waals surface area contributed by atoms with Gasteiger partial charge in [-0.15, -0.1) is 0 Å². The molecule has 0 saturated carbocycles. The molecule has 1 aromatic rings. The highest BCUT2D eigenvalue weighted by atomic mass is 32.2. The lowest BCUT2D eigenvalue weighted by Crippen LogP contribution is -2.32. The van der Waals surface area contributed by atoms with Crippen molar-refractivity contribution in [1.29, 1.82) is 0 Å². The number of aromatic nitrogens is 1. The topological polar surface area (TPSA) is 89.4 Å². The van der Waals surface area contributed by atoms with Crippen LogP contribution in [0.3, 0.4) is 0 Å². The molecular weight excluding hydrogens is 192 g/mol. The summed E-state index contributed by atoms with van der Waals surface area (Å²) >= 11 is 1.41. The minimum atomic E-state index is -0.981. The van der Waals surface area contributed by atoms with Crippen molar-refractivity contribution in [3.8, 4) is 0 Å². The number of carboxylic acid groups (broad SMARTS) is 1.